The quantitative estimate of drug-likeness (QED) is 0.344. The van der Waals surface area contributed by atoms with E-state index in [-0.39, 0.29) is 12.5 Å². The fourth-order valence-corrected chi connectivity index (χ4v) is 3.95. The number of nitrogens with one attached hydrogen (secondary N) is 1. The van der Waals surface area contributed by atoms with Crippen LogP contribution >= 0.6 is 0 Å². The summed E-state index contributed by atoms with van der Waals surface area (Å²) in [6.45, 7) is 0.698. The molecule has 2 heterocycles. The van der Waals surface area contributed by atoms with Crippen LogP contribution in [0.2, 0.25) is 0 Å². The van der Waals surface area contributed by atoms with Crippen LogP contribution in [0, 0.1) is 5.82 Å². The molecule has 0 aliphatic rings. The molecular weight excluding hydrogens is 457 g/mol. The molecule has 5 rings (SSSR count). The largest absolute Gasteiger partial charge is 0.497 e. The molecular formula is C28H24FN5O2. The Labute approximate surface area is 207 Å². The lowest BCUT2D eigenvalue weighted by atomic mass is 10.1. The van der Waals surface area contributed by atoms with Crippen molar-refractivity contribution in [1.29, 1.82) is 0 Å². The van der Waals surface area contributed by atoms with Gasteiger partial charge in [-0.1, -0.05) is 36.4 Å². The van der Waals surface area contributed by atoms with E-state index < -0.39 is 5.82 Å². The summed E-state index contributed by atoms with van der Waals surface area (Å²) in [4.78, 5) is 17.2. The highest BCUT2D eigenvalue weighted by atomic mass is 19.1. The number of hydrogen-bond acceptors (Lipinski definition) is 4. The molecule has 0 spiro atoms. The molecule has 36 heavy (non-hydrogen) atoms. The Hall–Kier alpha value is -4.72. The molecule has 0 aliphatic carbocycles. The predicted octanol–water partition coefficient (Wildman–Crippen LogP) is 4.86. The molecule has 0 saturated heterocycles. The molecule has 8 heteroatoms. The van der Waals surface area contributed by atoms with Gasteiger partial charge in [-0.2, -0.15) is 5.10 Å². The van der Waals surface area contributed by atoms with Crippen LogP contribution in [0.15, 0.2) is 97.7 Å². The van der Waals surface area contributed by atoms with Crippen LogP contribution in [0.4, 0.5) is 4.39 Å². The standard InChI is InChI=1S/C28H24FN5O2/c1-36-23-10-8-22(9-11-23)27-24(18-34(32-27)17-20-5-3-2-4-6-20)28(35)31-16-21-7-12-26(25(29)15-21)33-14-13-30-19-33/h2-15,18-19H,16-17H2,1H3,(H,31,35). The van der Waals surface area contributed by atoms with Crippen molar-refractivity contribution in [2.75, 3.05) is 7.11 Å². The van der Waals surface area contributed by atoms with Crippen LogP contribution in [0.3, 0.4) is 0 Å². The molecule has 0 atom stereocenters. The number of methoxy groups -OCH3 is 1. The summed E-state index contributed by atoms with van der Waals surface area (Å²) in [5, 5.41) is 7.61. The molecule has 5 aromatic rings. The van der Waals surface area contributed by atoms with Gasteiger partial charge in [-0.15, -0.1) is 0 Å². The Morgan fingerprint density at radius 2 is 1.83 bits per heavy atom. The molecule has 1 amide bonds. The Morgan fingerprint density at radius 3 is 2.53 bits per heavy atom. The van der Waals surface area contributed by atoms with Gasteiger partial charge >= 0.3 is 0 Å². The molecule has 7 nitrogen and oxygen atoms in total. The third kappa shape index (κ3) is 5.02. The summed E-state index contributed by atoms with van der Waals surface area (Å²) < 4.78 is 23.2. The Bertz CT molecular complexity index is 1460. The second-order valence-corrected chi connectivity index (χ2v) is 8.24. The lowest BCUT2D eigenvalue weighted by molar-refractivity contribution is 0.0951. The molecule has 0 saturated carbocycles. The van der Waals surface area contributed by atoms with E-state index in [0.29, 0.717) is 29.1 Å². The first kappa shape index (κ1) is 23.0. The van der Waals surface area contributed by atoms with Crippen LogP contribution < -0.4 is 10.1 Å². The van der Waals surface area contributed by atoms with Gasteiger partial charge in [-0.3, -0.25) is 9.48 Å². The molecule has 0 radical (unpaired) electrons. The maximum absolute atomic E-state index is 14.6. The van der Waals surface area contributed by atoms with Crippen LogP contribution in [-0.2, 0) is 13.1 Å². The van der Waals surface area contributed by atoms with Crippen molar-refractivity contribution in [2.24, 2.45) is 0 Å². The highest BCUT2D eigenvalue weighted by molar-refractivity contribution is 5.99. The number of nitrogens with zero attached hydrogens (tertiary/aromatic N) is 4. The Morgan fingerprint density at radius 1 is 1.03 bits per heavy atom. The minimum Gasteiger partial charge on any atom is -0.497 e. The number of aromatic nitrogens is 4. The van der Waals surface area contributed by atoms with Gasteiger partial charge in [0.05, 0.1) is 31.2 Å². The molecule has 0 aliphatic heterocycles. The first-order chi connectivity index (χ1) is 17.6. The number of imidazole rings is 1. The molecule has 180 valence electrons. The predicted molar refractivity (Wildman–Crippen MR) is 134 cm³/mol. The lowest BCUT2D eigenvalue weighted by Crippen LogP contribution is -2.23. The topological polar surface area (TPSA) is 74.0 Å². The maximum atomic E-state index is 14.6. The number of rotatable bonds is 8. The SMILES string of the molecule is COc1ccc(-c2nn(Cc3ccccc3)cc2C(=O)NCc2ccc(-n3ccnc3)c(F)c2)cc1. The van der Waals surface area contributed by atoms with Crippen molar-refractivity contribution in [3.8, 4) is 22.7 Å². The number of halogens is 1. The maximum Gasteiger partial charge on any atom is 0.255 e. The average Bonchev–Trinajstić information content (AvgIpc) is 3.59. The van der Waals surface area contributed by atoms with E-state index in [1.807, 2.05) is 54.6 Å². The van der Waals surface area contributed by atoms with E-state index >= 15 is 0 Å². The smallest absolute Gasteiger partial charge is 0.255 e. The summed E-state index contributed by atoms with van der Waals surface area (Å²) >= 11 is 0. The van der Waals surface area contributed by atoms with E-state index in [1.54, 1.807) is 47.1 Å². The summed E-state index contributed by atoms with van der Waals surface area (Å²) in [6.07, 6.45) is 6.54. The fourth-order valence-electron chi connectivity index (χ4n) is 3.95. The first-order valence-corrected chi connectivity index (χ1v) is 11.4. The monoisotopic (exact) mass is 481 g/mol. The Balaban J connectivity index is 1.38. The average molecular weight is 482 g/mol. The van der Waals surface area contributed by atoms with E-state index in [9.17, 15) is 9.18 Å². The van der Waals surface area contributed by atoms with Crippen LogP contribution in [-0.4, -0.2) is 32.3 Å². The molecule has 0 bridgehead atoms. The zero-order chi connectivity index (χ0) is 24.9. The van der Waals surface area contributed by atoms with Crippen molar-refractivity contribution < 1.29 is 13.9 Å². The highest BCUT2D eigenvalue weighted by Gasteiger charge is 2.18. The summed E-state index contributed by atoms with van der Waals surface area (Å²) in [5.41, 5.74) is 3.91. The number of hydrogen-bond donors (Lipinski definition) is 1. The van der Waals surface area contributed by atoms with Crippen molar-refractivity contribution in [3.63, 3.8) is 0 Å². The minimum absolute atomic E-state index is 0.172. The molecule has 0 unspecified atom stereocenters. The van der Waals surface area contributed by atoms with E-state index in [1.165, 1.54) is 12.4 Å². The molecule has 0 fully saturated rings. The van der Waals surface area contributed by atoms with E-state index in [4.69, 9.17) is 9.84 Å². The van der Waals surface area contributed by atoms with Gasteiger partial charge in [-0.25, -0.2) is 9.37 Å². The van der Waals surface area contributed by atoms with Gasteiger partial charge in [0.15, 0.2) is 0 Å². The van der Waals surface area contributed by atoms with Gasteiger partial charge in [0.25, 0.3) is 5.91 Å². The van der Waals surface area contributed by atoms with Crippen molar-refractivity contribution in [2.45, 2.75) is 13.1 Å². The van der Waals surface area contributed by atoms with Crippen LogP contribution in [0.25, 0.3) is 16.9 Å². The van der Waals surface area contributed by atoms with Crippen LogP contribution in [0.1, 0.15) is 21.5 Å². The summed E-state index contributed by atoms with van der Waals surface area (Å²) in [6, 6.07) is 22.2. The van der Waals surface area contributed by atoms with Crippen molar-refractivity contribution >= 4 is 5.91 Å². The fraction of sp³-hybridized carbons (Fsp3) is 0.107. The zero-order valence-electron chi connectivity index (χ0n) is 19.6. The van der Waals surface area contributed by atoms with Gasteiger partial charge < -0.3 is 14.6 Å². The Kier molecular flexibility index (Phi) is 6.57. The number of ether oxygens (including phenoxy) is 1. The van der Waals surface area contributed by atoms with Gasteiger partial charge in [0.2, 0.25) is 0 Å². The number of benzene rings is 3. The van der Waals surface area contributed by atoms with Crippen molar-refractivity contribution in [3.05, 3.63) is 120 Å². The first-order valence-electron chi connectivity index (χ1n) is 11.4. The van der Waals surface area contributed by atoms with Crippen LogP contribution in [0.5, 0.6) is 5.75 Å². The second kappa shape index (κ2) is 10.3. The van der Waals surface area contributed by atoms with Gasteiger partial charge in [0.1, 0.15) is 17.3 Å². The minimum atomic E-state index is -0.394. The summed E-state index contributed by atoms with van der Waals surface area (Å²) in [7, 11) is 1.60. The van der Waals surface area contributed by atoms with Crippen molar-refractivity contribution in [1.82, 2.24) is 24.6 Å². The molecule has 1 N–H and O–H groups in total. The third-order valence-corrected chi connectivity index (χ3v) is 5.80. The third-order valence-electron chi connectivity index (χ3n) is 5.80. The van der Waals surface area contributed by atoms with E-state index in [0.717, 1.165) is 16.9 Å². The number of amides is 1. The van der Waals surface area contributed by atoms with Gasteiger partial charge in [0, 0.05) is 30.7 Å². The second-order valence-electron chi connectivity index (χ2n) is 8.24. The van der Waals surface area contributed by atoms with E-state index in [2.05, 4.69) is 10.3 Å². The summed E-state index contributed by atoms with van der Waals surface area (Å²) in [5.74, 6) is 0.0308. The molecule has 2 aromatic heterocycles. The number of carbonyl (C=O) groups excluding carboxylic acids is 1. The highest BCUT2D eigenvalue weighted by Crippen LogP contribution is 2.25. The number of carbonyl (C=O) groups is 1. The zero-order valence-corrected chi connectivity index (χ0v) is 19.6. The molecule has 3 aromatic carbocycles. The normalized spacial score (nSPS) is 10.8. The lowest BCUT2D eigenvalue weighted by Gasteiger charge is -2.09. The van der Waals surface area contributed by atoms with Gasteiger partial charge in [-0.05, 0) is 47.5 Å².